The maximum Gasteiger partial charge on any atom is 0.232 e. The first-order valence-corrected chi connectivity index (χ1v) is 7.90. The van der Waals surface area contributed by atoms with Crippen LogP contribution in [-0.2, 0) is 10.5 Å². The maximum atomic E-state index is 12.0. The summed E-state index contributed by atoms with van der Waals surface area (Å²) in [5.41, 5.74) is 2.51. The van der Waals surface area contributed by atoms with E-state index < -0.39 is 0 Å². The Bertz CT molecular complexity index is 419. The van der Waals surface area contributed by atoms with Crippen LogP contribution in [0, 0.1) is 6.92 Å². The van der Waals surface area contributed by atoms with Gasteiger partial charge in [-0.1, -0.05) is 29.8 Å². The van der Waals surface area contributed by atoms with Crippen molar-refractivity contribution in [1.29, 1.82) is 0 Å². The van der Waals surface area contributed by atoms with Gasteiger partial charge < -0.3 is 10.0 Å². The van der Waals surface area contributed by atoms with E-state index in [1.165, 1.54) is 11.1 Å². The van der Waals surface area contributed by atoms with E-state index in [2.05, 4.69) is 31.2 Å². The van der Waals surface area contributed by atoms with Gasteiger partial charge in [-0.05, 0) is 25.3 Å². The van der Waals surface area contributed by atoms with Gasteiger partial charge in [0.1, 0.15) is 0 Å². The zero-order valence-electron chi connectivity index (χ0n) is 11.3. The van der Waals surface area contributed by atoms with Crippen LogP contribution in [0.3, 0.4) is 0 Å². The summed E-state index contributed by atoms with van der Waals surface area (Å²) < 4.78 is 0. The molecule has 2 rings (SSSR count). The monoisotopic (exact) mass is 279 g/mol. The van der Waals surface area contributed by atoms with Crippen LogP contribution in [0.15, 0.2) is 24.3 Å². The number of carbonyl (C=O) groups excluding carboxylic acids is 1. The van der Waals surface area contributed by atoms with Crippen molar-refractivity contribution < 1.29 is 9.90 Å². The molecule has 0 saturated carbocycles. The molecule has 1 aliphatic heterocycles. The molecule has 0 aromatic heterocycles. The Kier molecular flexibility index (Phi) is 5.28. The van der Waals surface area contributed by atoms with Crippen molar-refractivity contribution in [1.82, 2.24) is 4.90 Å². The first-order chi connectivity index (χ1) is 9.15. The van der Waals surface area contributed by atoms with Crippen LogP contribution in [0.5, 0.6) is 0 Å². The van der Waals surface area contributed by atoms with Crippen molar-refractivity contribution in [3.63, 3.8) is 0 Å². The summed E-state index contributed by atoms with van der Waals surface area (Å²) in [6, 6.07) is 8.41. The van der Waals surface area contributed by atoms with E-state index in [4.69, 9.17) is 0 Å². The van der Waals surface area contributed by atoms with Gasteiger partial charge in [0.15, 0.2) is 0 Å². The smallest absolute Gasteiger partial charge is 0.232 e. The fraction of sp³-hybridized carbons (Fsp3) is 0.533. The standard InChI is InChI=1S/C15H21NO2S/c1-12-4-6-13(7-5-12)10-19-11-15(18)16-8-2-3-14(17)9-16/h4-7,14,17H,2-3,8-11H2,1H3. The minimum absolute atomic E-state index is 0.149. The summed E-state index contributed by atoms with van der Waals surface area (Å²) in [6.45, 7) is 3.37. The predicted octanol–water partition coefficient (Wildman–Crippen LogP) is 2.21. The fourth-order valence-corrected chi connectivity index (χ4v) is 3.10. The van der Waals surface area contributed by atoms with Gasteiger partial charge in [-0.25, -0.2) is 0 Å². The number of amides is 1. The molecule has 1 amide bonds. The van der Waals surface area contributed by atoms with Gasteiger partial charge in [0.05, 0.1) is 11.9 Å². The van der Waals surface area contributed by atoms with Gasteiger partial charge in [0.25, 0.3) is 0 Å². The Labute approximate surface area is 119 Å². The van der Waals surface area contributed by atoms with E-state index >= 15 is 0 Å². The lowest BCUT2D eigenvalue weighted by Crippen LogP contribution is -2.43. The quantitative estimate of drug-likeness (QED) is 0.918. The molecule has 1 heterocycles. The number of likely N-dealkylation sites (tertiary alicyclic amines) is 1. The van der Waals surface area contributed by atoms with E-state index in [1.54, 1.807) is 16.7 Å². The van der Waals surface area contributed by atoms with Crippen molar-refractivity contribution >= 4 is 17.7 Å². The minimum Gasteiger partial charge on any atom is -0.391 e. The van der Waals surface area contributed by atoms with Crippen LogP contribution in [0.4, 0.5) is 0 Å². The Morgan fingerprint density at radius 2 is 2.16 bits per heavy atom. The van der Waals surface area contributed by atoms with E-state index in [9.17, 15) is 9.90 Å². The third kappa shape index (κ3) is 4.55. The Balaban J connectivity index is 1.73. The SMILES string of the molecule is Cc1ccc(CSCC(=O)N2CCCC(O)C2)cc1. The molecule has 4 heteroatoms. The lowest BCUT2D eigenvalue weighted by Gasteiger charge is -2.30. The number of aliphatic hydroxyl groups excluding tert-OH is 1. The fourth-order valence-electron chi connectivity index (χ4n) is 2.21. The second kappa shape index (κ2) is 6.96. The molecule has 0 spiro atoms. The summed E-state index contributed by atoms with van der Waals surface area (Å²) >= 11 is 1.64. The second-order valence-electron chi connectivity index (χ2n) is 5.11. The van der Waals surface area contributed by atoms with Gasteiger partial charge in [-0.2, -0.15) is 0 Å². The summed E-state index contributed by atoms with van der Waals surface area (Å²) in [5.74, 6) is 1.51. The summed E-state index contributed by atoms with van der Waals surface area (Å²) in [4.78, 5) is 13.8. The molecular formula is C15H21NO2S. The molecule has 1 aromatic carbocycles. The molecule has 1 saturated heterocycles. The molecule has 1 aromatic rings. The molecule has 1 unspecified atom stereocenters. The molecule has 19 heavy (non-hydrogen) atoms. The Morgan fingerprint density at radius 3 is 2.84 bits per heavy atom. The van der Waals surface area contributed by atoms with Gasteiger partial charge in [0, 0.05) is 18.8 Å². The second-order valence-corrected chi connectivity index (χ2v) is 6.10. The zero-order chi connectivity index (χ0) is 13.7. The maximum absolute atomic E-state index is 12.0. The van der Waals surface area contributed by atoms with Gasteiger partial charge >= 0.3 is 0 Å². The van der Waals surface area contributed by atoms with Crippen LogP contribution < -0.4 is 0 Å². The highest BCUT2D eigenvalue weighted by atomic mass is 32.2. The van der Waals surface area contributed by atoms with Crippen molar-refractivity contribution in [2.75, 3.05) is 18.8 Å². The van der Waals surface area contributed by atoms with Crippen molar-refractivity contribution in [2.24, 2.45) is 0 Å². The van der Waals surface area contributed by atoms with Gasteiger partial charge in [-0.15, -0.1) is 11.8 Å². The number of nitrogens with zero attached hydrogens (tertiary/aromatic N) is 1. The number of aliphatic hydroxyl groups is 1. The normalized spacial score (nSPS) is 19.5. The Hall–Kier alpha value is -1.00. The summed E-state index contributed by atoms with van der Waals surface area (Å²) in [5, 5.41) is 9.56. The number of aryl methyl sites for hydroxylation is 1. The first-order valence-electron chi connectivity index (χ1n) is 6.74. The third-order valence-electron chi connectivity index (χ3n) is 3.36. The van der Waals surface area contributed by atoms with E-state index in [1.807, 2.05) is 0 Å². The molecule has 1 aliphatic rings. The number of hydrogen-bond donors (Lipinski definition) is 1. The lowest BCUT2D eigenvalue weighted by molar-refractivity contribution is -0.131. The van der Waals surface area contributed by atoms with Crippen LogP contribution in [-0.4, -0.2) is 40.9 Å². The topological polar surface area (TPSA) is 40.5 Å². The van der Waals surface area contributed by atoms with Crippen molar-refractivity contribution in [3.05, 3.63) is 35.4 Å². The van der Waals surface area contributed by atoms with Crippen molar-refractivity contribution in [3.8, 4) is 0 Å². The number of carbonyl (C=O) groups is 1. The minimum atomic E-state index is -0.334. The van der Waals surface area contributed by atoms with Gasteiger partial charge in [-0.3, -0.25) is 4.79 Å². The molecule has 104 valence electrons. The number of piperidine rings is 1. The molecule has 1 fully saturated rings. The third-order valence-corrected chi connectivity index (χ3v) is 4.35. The largest absolute Gasteiger partial charge is 0.391 e. The Morgan fingerprint density at radius 1 is 1.42 bits per heavy atom. The van der Waals surface area contributed by atoms with E-state index in [0.717, 1.165) is 25.1 Å². The van der Waals surface area contributed by atoms with Crippen LogP contribution in [0.1, 0.15) is 24.0 Å². The van der Waals surface area contributed by atoms with Gasteiger partial charge in [0.2, 0.25) is 5.91 Å². The highest BCUT2D eigenvalue weighted by Crippen LogP contribution is 2.16. The molecule has 1 N–H and O–H groups in total. The molecule has 0 bridgehead atoms. The zero-order valence-corrected chi connectivity index (χ0v) is 12.2. The lowest BCUT2D eigenvalue weighted by atomic mass is 10.1. The predicted molar refractivity (Wildman–Crippen MR) is 79.2 cm³/mol. The number of β-amino-alcohol motifs (C(OH)–C–C–N with tert-alkyl or cyclic N) is 1. The molecule has 3 nitrogen and oxygen atoms in total. The first kappa shape index (κ1) is 14.4. The summed E-state index contributed by atoms with van der Waals surface area (Å²) in [6.07, 6.45) is 1.40. The molecule has 0 aliphatic carbocycles. The van der Waals surface area contributed by atoms with Crippen LogP contribution in [0.25, 0.3) is 0 Å². The number of benzene rings is 1. The number of rotatable bonds is 4. The van der Waals surface area contributed by atoms with E-state index in [-0.39, 0.29) is 12.0 Å². The number of hydrogen-bond acceptors (Lipinski definition) is 3. The molecular weight excluding hydrogens is 258 g/mol. The van der Waals surface area contributed by atoms with E-state index in [0.29, 0.717) is 12.3 Å². The van der Waals surface area contributed by atoms with Crippen molar-refractivity contribution in [2.45, 2.75) is 31.6 Å². The molecule has 0 radical (unpaired) electrons. The molecule has 1 atom stereocenters. The number of thioether (sulfide) groups is 1. The summed E-state index contributed by atoms with van der Waals surface area (Å²) in [7, 11) is 0. The average molecular weight is 279 g/mol. The van der Waals surface area contributed by atoms with Crippen LogP contribution in [0.2, 0.25) is 0 Å². The highest BCUT2D eigenvalue weighted by molar-refractivity contribution is 7.99. The van der Waals surface area contributed by atoms with Crippen LogP contribution >= 0.6 is 11.8 Å². The highest BCUT2D eigenvalue weighted by Gasteiger charge is 2.21. The average Bonchev–Trinajstić information content (AvgIpc) is 2.41.